The molecule has 2 rings (SSSR count). The van der Waals surface area contributed by atoms with Crippen molar-refractivity contribution in [1.82, 2.24) is 5.32 Å². The van der Waals surface area contributed by atoms with Gasteiger partial charge in [0, 0.05) is 18.2 Å². The van der Waals surface area contributed by atoms with Crippen LogP contribution in [0.25, 0.3) is 0 Å². The Labute approximate surface area is 117 Å². The minimum atomic E-state index is 0.656. The summed E-state index contributed by atoms with van der Waals surface area (Å²) in [5.74, 6) is 2.69. The summed E-state index contributed by atoms with van der Waals surface area (Å²) in [5.41, 5.74) is 2.57. The van der Waals surface area contributed by atoms with Crippen LogP contribution in [0.4, 0.5) is 0 Å². The Morgan fingerprint density at radius 3 is 2.47 bits per heavy atom. The molecule has 2 nitrogen and oxygen atoms in total. The molecule has 1 aliphatic rings. The molecule has 0 aliphatic heterocycles. The first-order chi connectivity index (χ1) is 9.08. The van der Waals surface area contributed by atoms with Crippen LogP contribution in [0.2, 0.25) is 0 Å². The van der Waals surface area contributed by atoms with E-state index in [-0.39, 0.29) is 0 Å². The van der Waals surface area contributed by atoms with E-state index in [2.05, 4.69) is 44.3 Å². The molecule has 0 spiro atoms. The van der Waals surface area contributed by atoms with E-state index in [0.29, 0.717) is 6.04 Å². The van der Waals surface area contributed by atoms with E-state index in [1.807, 2.05) is 0 Å². The van der Waals surface area contributed by atoms with Crippen LogP contribution >= 0.6 is 0 Å². The van der Waals surface area contributed by atoms with Gasteiger partial charge < -0.3 is 10.1 Å². The van der Waals surface area contributed by atoms with Crippen molar-refractivity contribution in [2.75, 3.05) is 7.11 Å². The summed E-state index contributed by atoms with van der Waals surface area (Å²) in [6.45, 7) is 7.79. The Morgan fingerprint density at radius 1 is 1.16 bits per heavy atom. The average molecular weight is 261 g/mol. The van der Waals surface area contributed by atoms with Crippen molar-refractivity contribution >= 4 is 0 Å². The third-order valence-corrected chi connectivity index (χ3v) is 4.20. The molecule has 1 N–H and O–H groups in total. The molecule has 2 heteroatoms. The normalized spacial score (nSPS) is 27.3. The van der Waals surface area contributed by atoms with E-state index < -0.39 is 0 Å². The van der Waals surface area contributed by atoms with Gasteiger partial charge in [0.15, 0.2) is 0 Å². The number of hydrogen-bond donors (Lipinski definition) is 1. The predicted octanol–water partition coefficient (Wildman–Crippen LogP) is 3.92. The number of hydrogen-bond acceptors (Lipinski definition) is 2. The summed E-state index contributed by atoms with van der Waals surface area (Å²) < 4.78 is 5.44. The van der Waals surface area contributed by atoms with Crippen molar-refractivity contribution in [1.29, 1.82) is 0 Å². The lowest BCUT2D eigenvalue weighted by molar-refractivity contribution is 0.237. The molecule has 0 bridgehead atoms. The predicted molar refractivity (Wildman–Crippen MR) is 80.5 cm³/mol. The van der Waals surface area contributed by atoms with Gasteiger partial charge >= 0.3 is 0 Å². The SMILES string of the molecule is COc1ccc(C)cc1CNC1CC(C)CC(C)C1. The van der Waals surface area contributed by atoms with Crippen molar-refractivity contribution in [3.05, 3.63) is 29.3 Å². The number of rotatable bonds is 4. The van der Waals surface area contributed by atoms with Crippen LogP contribution in [-0.2, 0) is 6.54 Å². The fraction of sp³-hybridized carbons (Fsp3) is 0.647. The fourth-order valence-corrected chi connectivity index (χ4v) is 3.41. The Bertz CT molecular complexity index is 406. The molecule has 1 saturated carbocycles. The molecule has 0 amide bonds. The number of aryl methyl sites for hydroxylation is 1. The average Bonchev–Trinajstić information content (AvgIpc) is 2.35. The Kier molecular flexibility index (Phi) is 4.87. The van der Waals surface area contributed by atoms with E-state index in [9.17, 15) is 0 Å². The molecule has 19 heavy (non-hydrogen) atoms. The maximum atomic E-state index is 5.44. The first-order valence-corrected chi connectivity index (χ1v) is 7.45. The third-order valence-electron chi connectivity index (χ3n) is 4.20. The van der Waals surface area contributed by atoms with Gasteiger partial charge in [0.25, 0.3) is 0 Å². The molecule has 2 unspecified atom stereocenters. The van der Waals surface area contributed by atoms with Crippen LogP contribution in [0, 0.1) is 18.8 Å². The first-order valence-electron chi connectivity index (χ1n) is 7.45. The standard InChI is InChI=1S/C17H27NO/c1-12-5-6-17(19-4)15(8-12)11-18-16-9-13(2)7-14(3)10-16/h5-6,8,13-14,16,18H,7,9-11H2,1-4H3. The van der Waals surface area contributed by atoms with E-state index in [4.69, 9.17) is 4.74 Å². The molecule has 106 valence electrons. The number of benzene rings is 1. The molecule has 1 aliphatic carbocycles. The highest BCUT2D eigenvalue weighted by Gasteiger charge is 2.23. The van der Waals surface area contributed by atoms with Crippen LogP contribution in [0.1, 0.15) is 44.2 Å². The van der Waals surface area contributed by atoms with Gasteiger partial charge in [0.1, 0.15) is 5.75 Å². The van der Waals surface area contributed by atoms with Gasteiger partial charge in [0.2, 0.25) is 0 Å². The van der Waals surface area contributed by atoms with E-state index >= 15 is 0 Å². The van der Waals surface area contributed by atoms with E-state index in [0.717, 1.165) is 24.1 Å². The number of methoxy groups -OCH3 is 1. The minimum Gasteiger partial charge on any atom is -0.496 e. The van der Waals surface area contributed by atoms with Crippen molar-refractivity contribution in [2.24, 2.45) is 11.8 Å². The zero-order chi connectivity index (χ0) is 13.8. The molecule has 1 fully saturated rings. The van der Waals surface area contributed by atoms with Crippen LogP contribution in [0.3, 0.4) is 0 Å². The van der Waals surface area contributed by atoms with Crippen LogP contribution < -0.4 is 10.1 Å². The van der Waals surface area contributed by atoms with E-state index in [1.165, 1.54) is 30.4 Å². The van der Waals surface area contributed by atoms with Crippen LogP contribution in [0.5, 0.6) is 5.75 Å². The zero-order valence-electron chi connectivity index (χ0n) is 12.7. The van der Waals surface area contributed by atoms with Gasteiger partial charge in [0.05, 0.1) is 7.11 Å². The maximum absolute atomic E-state index is 5.44. The molecular formula is C17H27NO. The highest BCUT2D eigenvalue weighted by Crippen LogP contribution is 2.29. The van der Waals surface area contributed by atoms with Gasteiger partial charge in [-0.3, -0.25) is 0 Å². The lowest BCUT2D eigenvalue weighted by Crippen LogP contribution is -2.36. The highest BCUT2D eigenvalue weighted by molar-refractivity contribution is 5.36. The maximum Gasteiger partial charge on any atom is 0.123 e. The Morgan fingerprint density at radius 2 is 1.84 bits per heavy atom. The molecule has 1 aromatic rings. The third kappa shape index (κ3) is 3.97. The number of ether oxygens (including phenoxy) is 1. The van der Waals surface area contributed by atoms with Gasteiger partial charge in [-0.05, 0) is 44.1 Å². The van der Waals surface area contributed by atoms with Gasteiger partial charge in [-0.25, -0.2) is 0 Å². The van der Waals surface area contributed by atoms with Gasteiger partial charge in [-0.15, -0.1) is 0 Å². The van der Waals surface area contributed by atoms with Gasteiger partial charge in [-0.2, -0.15) is 0 Å². The second kappa shape index (κ2) is 6.42. The summed E-state index contributed by atoms with van der Waals surface area (Å²) in [4.78, 5) is 0. The summed E-state index contributed by atoms with van der Waals surface area (Å²) in [5, 5.41) is 3.72. The second-order valence-corrected chi connectivity index (χ2v) is 6.31. The summed E-state index contributed by atoms with van der Waals surface area (Å²) >= 11 is 0. The highest BCUT2D eigenvalue weighted by atomic mass is 16.5. The summed E-state index contributed by atoms with van der Waals surface area (Å²) in [6.07, 6.45) is 3.99. The lowest BCUT2D eigenvalue weighted by Gasteiger charge is -2.32. The van der Waals surface area contributed by atoms with Crippen molar-refractivity contribution < 1.29 is 4.74 Å². The summed E-state index contributed by atoms with van der Waals surface area (Å²) in [7, 11) is 1.75. The molecule has 0 radical (unpaired) electrons. The molecule has 0 aromatic heterocycles. The smallest absolute Gasteiger partial charge is 0.123 e. The minimum absolute atomic E-state index is 0.656. The quantitative estimate of drug-likeness (QED) is 0.887. The Balaban J connectivity index is 1.96. The van der Waals surface area contributed by atoms with E-state index in [1.54, 1.807) is 7.11 Å². The fourth-order valence-electron chi connectivity index (χ4n) is 3.41. The zero-order valence-corrected chi connectivity index (χ0v) is 12.7. The van der Waals surface area contributed by atoms with Crippen molar-refractivity contribution in [2.45, 2.75) is 52.6 Å². The molecule has 0 heterocycles. The number of nitrogens with one attached hydrogen (secondary N) is 1. The van der Waals surface area contributed by atoms with Crippen molar-refractivity contribution in [3.8, 4) is 5.75 Å². The van der Waals surface area contributed by atoms with Crippen LogP contribution in [0.15, 0.2) is 18.2 Å². The molecule has 2 atom stereocenters. The Hall–Kier alpha value is -1.02. The molecular weight excluding hydrogens is 234 g/mol. The molecule has 0 saturated heterocycles. The van der Waals surface area contributed by atoms with Gasteiger partial charge in [-0.1, -0.05) is 31.5 Å². The summed E-state index contributed by atoms with van der Waals surface area (Å²) in [6, 6.07) is 7.05. The molecule has 1 aromatic carbocycles. The monoisotopic (exact) mass is 261 g/mol. The topological polar surface area (TPSA) is 21.3 Å². The van der Waals surface area contributed by atoms with Crippen LogP contribution in [-0.4, -0.2) is 13.2 Å². The van der Waals surface area contributed by atoms with Crippen molar-refractivity contribution in [3.63, 3.8) is 0 Å². The second-order valence-electron chi connectivity index (χ2n) is 6.31. The lowest BCUT2D eigenvalue weighted by atomic mass is 9.80. The largest absolute Gasteiger partial charge is 0.496 e. The first kappa shape index (κ1) is 14.4.